The predicted octanol–water partition coefficient (Wildman–Crippen LogP) is 3.18. The van der Waals surface area contributed by atoms with E-state index in [1.54, 1.807) is 0 Å². The normalized spacial score (nSPS) is 52.8. The van der Waals surface area contributed by atoms with Crippen LogP contribution < -0.4 is 0 Å². The number of fused-ring (bicyclic) bond motifs is 5. The van der Waals surface area contributed by atoms with E-state index in [0.29, 0.717) is 25.2 Å². The van der Waals surface area contributed by atoms with E-state index < -0.39 is 79.7 Å². The first kappa shape index (κ1) is 42.9. The van der Waals surface area contributed by atoms with E-state index in [0.717, 1.165) is 44.1 Å². The number of hydrogen-bond acceptors (Lipinski definition) is 12. The quantitative estimate of drug-likeness (QED) is 0.160. The summed E-state index contributed by atoms with van der Waals surface area (Å²) in [6.45, 7) is 18.8. The summed E-state index contributed by atoms with van der Waals surface area (Å²) in [5.41, 5.74) is -0.309. The van der Waals surface area contributed by atoms with E-state index in [-0.39, 0.29) is 45.5 Å². The number of aliphatic hydroxyl groups is 8. The van der Waals surface area contributed by atoms with Gasteiger partial charge in [0.15, 0.2) is 12.6 Å². The van der Waals surface area contributed by atoms with Crippen molar-refractivity contribution in [1.82, 2.24) is 0 Å². The summed E-state index contributed by atoms with van der Waals surface area (Å²) >= 11 is 0. The van der Waals surface area contributed by atoms with Gasteiger partial charge in [-0.2, -0.15) is 0 Å². The van der Waals surface area contributed by atoms with Crippen LogP contribution in [-0.4, -0.2) is 127 Å². The molecule has 2 heterocycles. The topological polar surface area (TPSA) is 199 Å². The first-order valence-corrected chi connectivity index (χ1v) is 20.7. The number of hydrogen-bond donors (Lipinski definition) is 8. The lowest BCUT2D eigenvalue weighted by Crippen LogP contribution is -2.67. The molecule has 0 aromatic carbocycles. The molecule has 0 spiro atoms. The fourth-order valence-electron chi connectivity index (χ4n) is 13.3. The minimum Gasteiger partial charge on any atom is -0.394 e. The number of rotatable bonds is 9. The van der Waals surface area contributed by atoms with Crippen LogP contribution in [0.25, 0.3) is 0 Å². The van der Waals surface area contributed by atoms with Crippen LogP contribution in [0.3, 0.4) is 0 Å². The summed E-state index contributed by atoms with van der Waals surface area (Å²) < 4.78 is 25.1. The summed E-state index contributed by atoms with van der Waals surface area (Å²) in [6, 6.07) is 0. The minimum atomic E-state index is -1.67. The van der Waals surface area contributed by atoms with Gasteiger partial charge < -0.3 is 59.8 Å². The Bertz CT molecular complexity index is 1360. The highest BCUT2D eigenvalue weighted by atomic mass is 16.8. The third-order valence-corrected chi connectivity index (χ3v) is 16.7. The van der Waals surface area contributed by atoms with Gasteiger partial charge in [0, 0.05) is 0 Å². The molecule has 0 radical (unpaired) electrons. The Morgan fingerprint density at radius 2 is 1.44 bits per heavy atom. The fraction of sp³-hybridized carbons (Fsp3) is 0.952. The third kappa shape index (κ3) is 6.77. The first-order chi connectivity index (χ1) is 25.1. The van der Waals surface area contributed by atoms with Crippen molar-refractivity contribution >= 4 is 0 Å². The number of allylic oxidation sites excluding steroid dienone is 2. The zero-order valence-electron chi connectivity index (χ0n) is 34.1. The average Bonchev–Trinajstić information content (AvgIpc) is 3.49. The summed E-state index contributed by atoms with van der Waals surface area (Å²) in [5, 5.41) is 87.9. The summed E-state index contributed by atoms with van der Waals surface area (Å²) in [7, 11) is 0. The van der Waals surface area contributed by atoms with Gasteiger partial charge in [0.1, 0.15) is 42.7 Å². The number of aliphatic hydroxyl groups excluding tert-OH is 8. The van der Waals surface area contributed by atoms with Gasteiger partial charge in [0.05, 0.1) is 30.5 Å². The molecular weight excluding hydrogens is 696 g/mol. The molecule has 8 N–H and O–H groups in total. The van der Waals surface area contributed by atoms with Crippen LogP contribution in [0.1, 0.15) is 120 Å². The van der Waals surface area contributed by atoms with Gasteiger partial charge in [-0.15, -0.1) is 0 Å². The van der Waals surface area contributed by atoms with Gasteiger partial charge in [-0.3, -0.25) is 0 Å². The zero-order valence-corrected chi connectivity index (χ0v) is 34.1. The predicted molar refractivity (Wildman–Crippen MR) is 200 cm³/mol. The molecule has 6 aliphatic rings. The van der Waals surface area contributed by atoms with Crippen LogP contribution in [0.4, 0.5) is 0 Å². The molecule has 2 saturated heterocycles. The van der Waals surface area contributed by atoms with E-state index >= 15 is 0 Å². The van der Waals surface area contributed by atoms with Crippen LogP contribution in [-0.2, 0) is 18.9 Å². The largest absolute Gasteiger partial charge is 0.394 e. The maximum absolute atomic E-state index is 12.5. The van der Waals surface area contributed by atoms with Crippen LogP contribution in [0.15, 0.2) is 11.6 Å². The molecule has 0 bridgehead atoms. The second-order valence-corrected chi connectivity index (χ2v) is 20.1. The Balaban J connectivity index is 1.34. The lowest BCUT2D eigenvalue weighted by molar-refractivity contribution is -0.380. The molecule has 6 fully saturated rings. The standard InChI is InChI=1S/C42H72O12/c1-21(2)11-10-15-42(9,54-37-35(33(49)31(47)25(20-43)52-37)53-36-34(50)32(48)30(46)22(3)51-36)23-12-17-41(8)29(23)24(44)19-27-39(6)16-14-28(45)38(4,5)26(39)13-18-40(27,41)7/h11,22-37,43-50H,10,12-20H2,1-9H3. The highest BCUT2D eigenvalue weighted by molar-refractivity contribution is 5.20. The van der Waals surface area contributed by atoms with Crippen molar-refractivity contribution in [2.75, 3.05) is 6.61 Å². The zero-order chi connectivity index (χ0) is 39.9. The molecule has 312 valence electrons. The molecule has 6 rings (SSSR count). The second-order valence-electron chi connectivity index (χ2n) is 20.1. The first-order valence-electron chi connectivity index (χ1n) is 20.7. The lowest BCUT2D eigenvalue weighted by Gasteiger charge is -2.70. The molecule has 4 aliphatic carbocycles. The van der Waals surface area contributed by atoms with Crippen molar-refractivity contribution in [3.63, 3.8) is 0 Å². The highest BCUT2D eigenvalue weighted by Crippen LogP contribution is 2.76. The van der Waals surface area contributed by atoms with Gasteiger partial charge in [-0.05, 0) is 131 Å². The van der Waals surface area contributed by atoms with Crippen LogP contribution in [0.2, 0.25) is 0 Å². The fourth-order valence-corrected chi connectivity index (χ4v) is 13.3. The van der Waals surface area contributed by atoms with Crippen LogP contribution in [0, 0.1) is 45.3 Å². The van der Waals surface area contributed by atoms with E-state index in [9.17, 15) is 40.9 Å². The molecule has 0 aromatic heterocycles. The molecule has 0 amide bonds. The maximum Gasteiger partial charge on any atom is 0.187 e. The molecule has 20 atom stereocenters. The van der Waals surface area contributed by atoms with E-state index in [1.807, 2.05) is 20.8 Å². The molecular formula is C42H72O12. The smallest absolute Gasteiger partial charge is 0.187 e. The van der Waals surface area contributed by atoms with Crippen molar-refractivity contribution in [3.8, 4) is 0 Å². The Morgan fingerprint density at radius 1 is 0.778 bits per heavy atom. The molecule has 54 heavy (non-hydrogen) atoms. The Kier molecular flexibility index (Phi) is 12.0. The highest BCUT2D eigenvalue weighted by Gasteiger charge is 2.71. The third-order valence-electron chi connectivity index (χ3n) is 16.7. The molecule has 12 nitrogen and oxygen atoms in total. The van der Waals surface area contributed by atoms with E-state index in [2.05, 4.69) is 40.7 Å². The maximum atomic E-state index is 12.5. The molecule has 20 unspecified atom stereocenters. The van der Waals surface area contributed by atoms with Crippen molar-refractivity contribution in [1.29, 1.82) is 0 Å². The molecule has 4 saturated carbocycles. The average molecular weight is 769 g/mol. The van der Waals surface area contributed by atoms with Crippen LogP contribution in [0.5, 0.6) is 0 Å². The monoisotopic (exact) mass is 769 g/mol. The van der Waals surface area contributed by atoms with Gasteiger partial charge in [-0.25, -0.2) is 0 Å². The van der Waals surface area contributed by atoms with Gasteiger partial charge in [-0.1, -0.05) is 46.3 Å². The molecule has 12 heteroatoms. The van der Waals surface area contributed by atoms with Crippen molar-refractivity contribution in [2.24, 2.45) is 45.3 Å². The van der Waals surface area contributed by atoms with Gasteiger partial charge in [0.2, 0.25) is 0 Å². The molecule has 0 aromatic rings. The molecule has 2 aliphatic heterocycles. The Labute approximate surface area is 322 Å². The Hall–Kier alpha value is -0.740. The van der Waals surface area contributed by atoms with E-state index in [1.165, 1.54) is 6.92 Å². The summed E-state index contributed by atoms with van der Waals surface area (Å²) in [4.78, 5) is 0. The van der Waals surface area contributed by atoms with Gasteiger partial charge in [0.25, 0.3) is 0 Å². The lowest BCUT2D eigenvalue weighted by atomic mass is 9.35. The minimum absolute atomic E-state index is 0.0182. The van der Waals surface area contributed by atoms with Crippen molar-refractivity contribution in [3.05, 3.63) is 11.6 Å². The summed E-state index contributed by atoms with van der Waals surface area (Å²) in [6.07, 6.45) is -5.60. The SMILES string of the molecule is CC(C)=CCCC(C)(OC1OC(CO)C(O)C(O)C1OC1OC(C)C(O)C(O)C1O)C1CCC2(C)C1C(O)CC1C3(C)CCC(O)C(C)(C)C3CCC12C. The summed E-state index contributed by atoms with van der Waals surface area (Å²) in [5.74, 6) is 0.383. The van der Waals surface area contributed by atoms with Crippen molar-refractivity contribution in [2.45, 2.75) is 199 Å². The van der Waals surface area contributed by atoms with Crippen molar-refractivity contribution < 1.29 is 59.8 Å². The number of ether oxygens (including phenoxy) is 4. The van der Waals surface area contributed by atoms with Crippen LogP contribution >= 0.6 is 0 Å². The second kappa shape index (κ2) is 15.1. The van der Waals surface area contributed by atoms with Gasteiger partial charge >= 0.3 is 0 Å². The Morgan fingerprint density at radius 3 is 2.09 bits per heavy atom. The van der Waals surface area contributed by atoms with E-state index in [4.69, 9.17) is 18.9 Å².